The van der Waals surface area contributed by atoms with Crippen LogP contribution in [0.4, 0.5) is 0 Å². The van der Waals surface area contributed by atoms with E-state index >= 15 is 0 Å². The number of aromatic nitrogens is 2. The fourth-order valence-corrected chi connectivity index (χ4v) is 3.17. The fourth-order valence-electron chi connectivity index (χ4n) is 2.99. The van der Waals surface area contributed by atoms with Crippen molar-refractivity contribution < 1.29 is 4.79 Å². The Morgan fingerprint density at radius 1 is 1.43 bits per heavy atom. The first-order chi connectivity index (χ1) is 11.0. The predicted molar refractivity (Wildman–Crippen MR) is 90.9 cm³/mol. The van der Waals surface area contributed by atoms with Crippen LogP contribution in [0.5, 0.6) is 0 Å². The molecule has 0 bridgehead atoms. The van der Waals surface area contributed by atoms with Gasteiger partial charge in [0, 0.05) is 30.4 Å². The van der Waals surface area contributed by atoms with Gasteiger partial charge < -0.3 is 10.6 Å². The third-order valence-corrected chi connectivity index (χ3v) is 4.60. The first-order valence-electron chi connectivity index (χ1n) is 7.91. The molecule has 6 heteroatoms. The normalized spacial score (nSPS) is 19.6. The van der Waals surface area contributed by atoms with Crippen LogP contribution < -0.4 is 5.73 Å². The van der Waals surface area contributed by atoms with E-state index in [1.165, 1.54) is 0 Å². The molecule has 0 unspecified atom stereocenters. The lowest BCUT2D eigenvalue weighted by Crippen LogP contribution is -2.45. The van der Waals surface area contributed by atoms with Crippen LogP contribution in [-0.2, 0) is 0 Å². The Morgan fingerprint density at radius 2 is 2.26 bits per heavy atom. The molecule has 23 heavy (non-hydrogen) atoms. The number of benzene rings is 1. The van der Waals surface area contributed by atoms with Crippen LogP contribution in [0, 0.1) is 5.92 Å². The lowest BCUT2D eigenvalue weighted by molar-refractivity contribution is 0.0654. The number of rotatable bonds is 3. The van der Waals surface area contributed by atoms with Gasteiger partial charge >= 0.3 is 0 Å². The molecule has 0 aliphatic carbocycles. The molecule has 122 valence electrons. The number of piperidine rings is 1. The van der Waals surface area contributed by atoms with E-state index in [0.717, 1.165) is 25.1 Å². The number of carbonyl (C=O) groups is 1. The summed E-state index contributed by atoms with van der Waals surface area (Å²) in [5.74, 6) is 0.332. The van der Waals surface area contributed by atoms with Gasteiger partial charge in [0.2, 0.25) is 0 Å². The number of hydrogen-bond donors (Lipinski definition) is 1. The van der Waals surface area contributed by atoms with E-state index in [4.69, 9.17) is 17.3 Å². The second-order valence-corrected chi connectivity index (χ2v) is 6.57. The number of amides is 1. The molecular formula is C17H21ClN4O. The van der Waals surface area contributed by atoms with Gasteiger partial charge in [0.1, 0.15) is 0 Å². The predicted octanol–water partition coefficient (Wildman–Crippen LogP) is 2.73. The maximum atomic E-state index is 12.7. The number of hydrogen-bond acceptors (Lipinski definition) is 3. The van der Waals surface area contributed by atoms with Crippen molar-refractivity contribution in [3.63, 3.8) is 0 Å². The van der Waals surface area contributed by atoms with E-state index in [1.54, 1.807) is 16.9 Å². The topological polar surface area (TPSA) is 64.2 Å². The molecule has 1 fully saturated rings. The highest BCUT2D eigenvalue weighted by Gasteiger charge is 2.27. The molecule has 2 heterocycles. The van der Waals surface area contributed by atoms with Gasteiger partial charge in [-0.1, -0.05) is 17.7 Å². The van der Waals surface area contributed by atoms with Crippen LogP contribution in [0.3, 0.4) is 0 Å². The average molecular weight is 333 g/mol. The first kappa shape index (κ1) is 16.0. The highest BCUT2D eigenvalue weighted by atomic mass is 35.5. The molecule has 2 aromatic rings. The summed E-state index contributed by atoms with van der Waals surface area (Å²) < 4.78 is 1.67. The van der Waals surface area contributed by atoms with Gasteiger partial charge in [0.25, 0.3) is 5.91 Å². The molecule has 1 aromatic heterocycles. The number of likely N-dealkylation sites (tertiary alicyclic amines) is 1. The summed E-state index contributed by atoms with van der Waals surface area (Å²) in [6.07, 6.45) is 3.86. The van der Waals surface area contributed by atoms with Crippen LogP contribution in [0.25, 0.3) is 5.69 Å². The monoisotopic (exact) mass is 332 g/mol. The summed E-state index contributed by atoms with van der Waals surface area (Å²) in [5, 5.41) is 5.04. The van der Waals surface area contributed by atoms with E-state index < -0.39 is 0 Å². The molecule has 2 atom stereocenters. The van der Waals surface area contributed by atoms with E-state index in [-0.39, 0.29) is 11.9 Å². The van der Waals surface area contributed by atoms with Gasteiger partial charge in [-0.15, -0.1) is 0 Å². The molecule has 5 nitrogen and oxygen atoms in total. The fraction of sp³-hybridized carbons (Fsp3) is 0.412. The Labute approximate surface area is 141 Å². The third-order valence-electron chi connectivity index (χ3n) is 4.37. The van der Waals surface area contributed by atoms with Gasteiger partial charge in [0.05, 0.1) is 5.69 Å². The summed E-state index contributed by atoms with van der Waals surface area (Å²) in [4.78, 5) is 14.5. The molecule has 1 aromatic carbocycles. The SMILES string of the molecule is C[C@H](N)[C@H]1CCCN(C(=O)c2ccn(-c3cccc(Cl)c3)n2)C1. The van der Waals surface area contributed by atoms with Crippen molar-refractivity contribution in [3.8, 4) is 5.69 Å². The zero-order chi connectivity index (χ0) is 16.4. The van der Waals surface area contributed by atoms with Crippen LogP contribution in [0.15, 0.2) is 36.5 Å². The molecule has 3 rings (SSSR count). The molecule has 1 aliphatic rings. The number of nitrogens with zero attached hydrogens (tertiary/aromatic N) is 3. The quantitative estimate of drug-likeness (QED) is 0.940. The highest BCUT2D eigenvalue weighted by Crippen LogP contribution is 2.21. The maximum Gasteiger partial charge on any atom is 0.274 e. The van der Waals surface area contributed by atoms with Crippen molar-refractivity contribution in [1.82, 2.24) is 14.7 Å². The minimum Gasteiger partial charge on any atom is -0.337 e. The molecular weight excluding hydrogens is 312 g/mol. The summed E-state index contributed by atoms with van der Waals surface area (Å²) >= 11 is 6.00. The Hall–Kier alpha value is -1.85. The van der Waals surface area contributed by atoms with Gasteiger partial charge in [-0.05, 0) is 49.9 Å². The zero-order valence-corrected chi connectivity index (χ0v) is 13.9. The second-order valence-electron chi connectivity index (χ2n) is 6.14. The Morgan fingerprint density at radius 3 is 3.00 bits per heavy atom. The van der Waals surface area contributed by atoms with Crippen molar-refractivity contribution in [2.45, 2.75) is 25.8 Å². The summed E-state index contributed by atoms with van der Waals surface area (Å²) in [7, 11) is 0. The zero-order valence-electron chi connectivity index (χ0n) is 13.2. The minimum absolute atomic E-state index is 0.0314. The van der Waals surface area contributed by atoms with Gasteiger partial charge in [-0.2, -0.15) is 5.10 Å². The van der Waals surface area contributed by atoms with Gasteiger partial charge in [-0.3, -0.25) is 4.79 Å². The van der Waals surface area contributed by atoms with Crippen molar-refractivity contribution in [1.29, 1.82) is 0 Å². The number of nitrogens with two attached hydrogens (primary N) is 1. The largest absolute Gasteiger partial charge is 0.337 e. The number of carbonyl (C=O) groups excluding carboxylic acids is 1. The van der Waals surface area contributed by atoms with E-state index in [9.17, 15) is 4.79 Å². The van der Waals surface area contributed by atoms with Crippen molar-refractivity contribution in [2.24, 2.45) is 11.7 Å². The van der Waals surface area contributed by atoms with Crippen LogP contribution in [0.1, 0.15) is 30.3 Å². The second kappa shape index (κ2) is 6.72. The Bertz CT molecular complexity index is 697. The van der Waals surface area contributed by atoms with E-state index in [1.807, 2.05) is 36.1 Å². The molecule has 0 radical (unpaired) electrons. The van der Waals surface area contributed by atoms with Gasteiger partial charge in [0.15, 0.2) is 5.69 Å². The van der Waals surface area contributed by atoms with E-state index in [0.29, 0.717) is 23.2 Å². The van der Waals surface area contributed by atoms with Gasteiger partial charge in [-0.25, -0.2) is 4.68 Å². The van der Waals surface area contributed by atoms with Crippen molar-refractivity contribution in [2.75, 3.05) is 13.1 Å². The Balaban J connectivity index is 1.76. The molecule has 0 spiro atoms. The standard InChI is InChI=1S/C17H21ClN4O/c1-12(19)13-4-3-8-21(11-13)17(23)16-7-9-22(20-16)15-6-2-5-14(18)10-15/h2,5-7,9-10,12-13H,3-4,8,11,19H2,1H3/t12-,13-/m0/s1. The molecule has 1 aliphatic heterocycles. The van der Waals surface area contributed by atoms with Crippen LogP contribution >= 0.6 is 11.6 Å². The average Bonchev–Trinajstić information content (AvgIpc) is 3.04. The highest BCUT2D eigenvalue weighted by molar-refractivity contribution is 6.30. The number of halogens is 1. The molecule has 2 N–H and O–H groups in total. The summed E-state index contributed by atoms with van der Waals surface area (Å²) in [6, 6.07) is 9.24. The van der Waals surface area contributed by atoms with Crippen molar-refractivity contribution >= 4 is 17.5 Å². The van der Waals surface area contributed by atoms with E-state index in [2.05, 4.69) is 5.10 Å². The maximum absolute atomic E-state index is 12.7. The van der Waals surface area contributed by atoms with Crippen molar-refractivity contribution in [3.05, 3.63) is 47.2 Å². The summed E-state index contributed by atoms with van der Waals surface area (Å²) in [6.45, 7) is 3.49. The van der Waals surface area contributed by atoms with Crippen LogP contribution in [-0.4, -0.2) is 39.7 Å². The first-order valence-corrected chi connectivity index (χ1v) is 8.29. The summed E-state index contributed by atoms with van der Waals surface area (Å²) in [5.41, 5.74) is 7.28. The molecule has 1 amide bonds. The lowest BCUT2D eigenvalue weighted by atomic mass is 9.92. The van der Waals surface area contributed by atoms with Crippen LogP contribution in [0.2, 0.25) is 5.02 Å². The molecule has 1 saturated heterocycles. The minimum atomic E-state index is -0.0314. The lowest BCUT2D eigenvalue weighted by Gasteiger charge is -2.34. The Kier molecular flexibility index (Phi) is 4.68. The smallest absolute Gasteiger partial charge is 0.274 e. The molecule has 0 saturated carbocycles. The third kappa shape index (κ3) is 3.57.